The lowest BCUT2D eigenvalue weighted by Gasteiger charge is -2.35. The lowest BCUT2D eigenvalue weighted by molar-refractivity contribution is -0.144. The van der Waals surface area contributed by atoms with Crippen molar-refractivity contribution in [1.82, 2.24) is 20.5 Å². The van der Waals surface area contributed by atoms with Crippen LogP contribution in [0.1, 0.15) is 89.8 Å². The van der Waals surface area contributed by atoms with Gasteiger partial charge in [-0.05, 0) is 36.3 Å². The van der Waals surface area contributed by atoms with E-state index < -0.39 is 23.6 Å². The van der Waals surface area contributed by atoms with E-state index in [1.165, 1.54) is 4.90 Å². The van der Waals surface area contributed by atoms with E-state index in [1.54, 1.807) is 11.3 Å². The van der Waals surface area contributed by atoms with Crippen molar-refractivity contribution in [2.45, 2.75) is 110 Å². The van der Waals surface area contributed by atoms with Crippen LogP contribution >= 0.6 is 11.3 Å². The number of hydrogen-bond acceptors (Lipinski definition) is 6. The summed E-state index contributed by atoms with van der Waals surface area (Å²) in [5.41, 5.74) is 4.24. The van der Waals surface area contributed by atoms with E-state index in [2.05, 4.69) is 21.5 Å². The van der Waals surface area contributed by atoms with Crippen LogP contribution in [0.2, 0.25) is 0 Å². The Labute approximate surface area is 254 Å². The molecule has 1 saturated heterocycles. The van der Waals surface area contributed by atoms with Crippen LogP contribution in [0.3, 0.4) is 0 Å². The number of carbonyl (C=O) groups excluding carboxylic acids is 3. The molecule has 0 radical (unpaired) electrons. The number of rotatable bonds is 14. The Hall–Kier alpha value is -3.22. The number of thiazole rings is 1. The summed E-state index contributed by atoms with van der Waals surface area (Å²) in [6.07, 6.45) is 11.8. The topological polar surface area (TPSA) is 112 Å². The predicted octanol–water partition coefficient (Wildman–Crippen LogP) is 4.98. The van der Waals surface area contributed by atoms with E-state index in [0.29, 0.717) is 13.0 Å². The van der Waals surface area contributed by atoms with Crippen molar-refractivity contribution in [3.05, 3.63) is 41.0 Å². The van der Waals surface area contributed by atoms with Crippen LogP contribution in [0.25, 0.3) is 10.4 Å². The summed E-state index contributed by atoms with van der Waals surface area (Å²) in [5.74, 6) is 1.82. The summed E-state index contributed by atoms with van der Waals surface area (Å²) < 4.78 is 0. The number of benzene rings is 1. The first-order chi connectivity index (χ1) is 20.0. The predicted molar refractivity (Wildman–Crippen MR) is 167 cm³/mol. The minimum Gasteiger partial charge on any atom is -0.391 e. The number of nitrogens with one attached hydrogen (secondary N) is 2. The second-order valence-electron chi connectivity index (χ2n) is 12.3. The van der Waals surface area contributed by atoms with Crippen molar-refractivity contribution in [2.24, 2.45) is 5.41 Å². The second kappa shape index (κ2) is 15.9. The summed E-state index contributed by atoms with van der Waals surface area (Å²) in [5, 5.41) is 16.3. The molecule has 228 valence electrons. The molecular weight excluding hydrogens is 548 g/mol. The Morgan fingerprint density at radius 1 is 1.12 bits per heavy atom. The van der Waals surface area contributed by atoms with Crippen LogP contribution in [0.4, 0.5) is 0 Å². The molecule has 8 nitrogen and oxygen atoms in total. The van der Waals surface area contributed by atoms with Crippen molar-refractivity contribution in [3.8, 4) is 22.8 Å². The van der Waals surface area contributed by atoms with Gasteiger partial charge in [-0.2, -0.15) is 0 Å². The average molecular weight is 595 g/mol. The van der Waals surface area contributed by atoms with Crippen LogP contribution < -0.4 is 10.6 Å². The molecule has 0 saturated carbocycles. The summed E-state index contributed by atoms with van der Waals surface area (Å²) in [4.78, 5) is 46.6. The largest absolute Gasteiger partial charge is 0.391 e. The first-order valence-corrected chi connectivity index (χ1v) is 15.9. The highest BCUT2D eigenvalue weighted by Gasteiger charge is 2.44. The number of unbranched alkanes of at least 4 members (excludes halogenated alkanes) is 6. The number of aliphatic hydroxyl groups excluding tert-OH is 1. The molecule has 1 fully saturated rings. The Bertz CT molecular complexity index is 1230. The van der Waals surface area contributed by atoms with Gasteiger partial charge in [0.05, 0.1) is 22.2 Å². The molecule has 3 amide bonds. The molecule has 42 heavy (non-hydrogen) atoms. The summed E-state index contributed by atoms with van der Waals surface area (Å²) in [7, 11) is 0. The van der Waals surface area contributed by atoms with E-state index in [4.69, 9.17) is 6.42 Å². The first-order valence-electron chi connectivity index (χ1n) is 15.0. The molecule has 2 aromatic rings. The maximum absolute atomic E-state index is 13.7. The van der Waals surface area contributed by atoms with E-state index in [9.17, 15) is 19.5 Å². The van der Waals surface area contributed by atoms with Crippen molar-refractivity contribution in [3.63, 3.8) is 0 Å². The molecule has 3 atom stereocenters. The fourth-order valence-corrected chi connectivity index (χ4v) is 6.04. The molecule has 2 heterocycles. The number of amides is 3. The zero-order chi connectivity index (χ0) is 30.7. The first kappa shape index (κ1) is 33.3. The zero-order valence-electron chi connectivity index (χ0n) is 25.4. The molecule has 3 N–H and O–H groups in total. The van der Waals surface area contributed by atoms with Gasteiger partial charge in [0, 0.05) is 32.4 Å². The van der Waals surface area contributed by atoms with Crippen molar-refractivity contribution >= 4 is 29.1 Å². The van der Waals surface area contributed by atoms with E-state index in [0.717, 1.165) is 66.6 Å². The van der Waals surface area contributed by atoms with Gasteiger partial charge in [-0.1, -0.05) is 70.7 Å². The molecule has 0 spiro atoms. The van der Waals surface area contributed by atoms with Crippen molar-refractivity contribution < 1.29 is 19.5 Å². The highest BCUT2D eigenvalue weighted by Crippen LogP contribution is 2.28. The molecule has 1 aromatic carbocycles. The molecule has 0 bridgehead atoms. The number of aryl methyl sites for hydroxylation is 1. The van der Waals surface area contributed by atoms with Gasteiger partial charge in [0.15, 0.2) is 0 Å². The Kier molecular flexibility index (Phi) is 12.6. The summed E-state index contributed by atoms with van der Waals surface area (Å²) in [6, 6.07) is 6.33. The van der Waals surface area contributed by atoms with Gasteiger partial charge in [-0.25, -0.2) is 4.98 Å². The smallest absolute Gasteiger partial charge is 0.246 e. The third-order valence-corrected chi connectivity index (χ3v) is 8.66. The lowest BCUT2D eigenvalue weighted by atomic mass is 9.85. The highest BCUT2D eigenvalue weighted by molar-refractivity contribution is 7.13. The molecule has 0 unspecified atom stereocenters. The number of aromatic nitrogens is 1. The minimum atomic E-state index is -0.808. The zero-order valence-corrected chi connectivity index (χ0v) is 26.3. The minimum absolute atomic E-state index is 0.0575. The van der Waals surface area contributed by atoms with E-state index in [1.807, 2.05) is 57.5 Å². The molecule has 1 aliphatic rings. The van der Waals surface area contributed by atoms with Gasteiger partial charge >= 0.3 is 0 Å². The number of nitrogens with zero attached hydrogens (tertiary/aromatic N) is 2. The van der Waals surface area contributed by atoms with Crippen LogP contribution in [0.5, 0.6) is 0 Å². The average Bonchev–Trinajstić information content (AvgIpc) is 3.56. The van der Waals surface area contributed by atoms with Gasteiger partial charge < -0.3 is 20.6 Å². The maximum atomic E-state index is 13.7. The second-order valence-corrected chi connectivity index (χ2v) is 13.1. The maximum Gasteiger partial charge on any atom is 0.246 e. The Balaban J connectivity index is 1.55. The SMILES string of the molecule is C#CCCCCCCCCC(=O)N[C@H](C(=O)N1C[C@H](O)C[C@H]1C(=O)NCc1ccc(-c2scnc2C)cc1)C(C)(C)C. The summed E-state index contributed by atoms with van der Waals surface area (Å²) >= 11 is 1.59. The standard InChI is InChI=1S/C33H46N4O4S/c1-6-7-8-9-10-11-12-13-14-28(39)36-30(33(3,4)5)32(41)37-21-26(38)19-27(37)31(40)34-20-24-15-17-25(18-16-24)29-23(2)35-22-42-29/h1,15-18,22,26-27,30,38H,7-14,19-21H2,2-5H3,(H,34,40)(H,36,39)/t26-,27+,30-/m1/s1. The Morgan fingerprint density at radius 3 is 2.40 bits per heavy atom. The van der Waals surface area contributed by atoms with Crippen LogP contribution in [0.15, 0.2) is 29.8 Å². The number of carbonyl (C=O) groups is 3. The molecule has 9 heteroatoms. The lowest BCUT2D eigenvalue weighted by Crippen LogP contribution is -2.57. The van der Waals surface area contributed by atoms with Crippen molar-refractivity contribution in [1.29, 1.82) is 0 Å². The Morgan fingerprint density at radius 2 is 1.79 bits per heavy atom. The molecule has 0 aliphatic carbocycles. The van der Waals surface area contributed by atoms with Crippen LogP contribution in [-0.2, 0) is 20.9 Å². The van der Waals surface area contributed by atoms with Crippen LogP contribution in [0, 0.1) is 24.7 Å². The highest BCUT2D eigenvalue weighted by atomic mass is 32.1. The van der Waals surface area contributed by atoms with E-state index in [-0.39, 0.29) is 30.7 Å². The summed E-state index contributed by atoms with van der Waals surface area (Å²) in [6.45, 7) is 8.02. The number of aliphatic hydroxyl groups is 1. The normalized spacial score (nSPS) is 17.5. The monoisotopic (exact) mass is 594 g/mol. The fourth-order valence-electron chi connectivity index (χ4n) is 5.23. The third kappa shape index (κ3) is 9.67. The third-order valence-electron chi connectivity index (χ3n) is 7.69. The number of β-amino-alcohol motifs (C(OH)–C–C–N with tert-alkyl or cyclic N) is 1. The quantitative estimate of drug-likeness (QED) is 0.211. The number of terminal acetylenes is 1. The number of hydrogen-bond donors (Lipinski definition) is 3. The molecular formula is C33H46N4O4S. The number of likely N-dealkylation sites (tertiary alicyclic amines) is 1. The van der Waals surface area contributed by atoms with Crippen LogP contribution in [-0.4, -0.2) is 57.4 Å². The fraction of sp³-hybridized carbons (Fsp3) is 0.576. The van der Waals surface area contributed by atoms with Crippen molar-refractivity contribution in [2.75, 3.05) is 6.54 Å². The van der Waals surface area contributed by atoms with Gasteiger partial charge in [-0.15, -0.1) is 23.7 Å². The molecule has 1 aliphatic heterocycles. The van der Waals surface area contributed by atoms with E-state index >= 15 is 0 Å². The van der Waals surface area contributed by atoms with Gasteiger partial charge in [0.2, 0.25) is 17.7 Å². The molecule has 1 aromatic heterocycles. The van der Waals surface area contributed by atoms with Gasteiger partial charge in [-0.3, -0.25) is 14.4 Å². The molecule has 3 rings (SSSR count). The van der Waals surface area contributed by atoms with Gasteiger partial charge in [0.25, 0.3) is 0 Å². The van der Waals surface area contributed by atoms with Gasteiger partial charge in [0.1, 0.15) is 12.1 Å².